The van der Waals surface area contributed by atoms with Gasteiger partial charge in [-0.15, -0.1) is 0 Å². The van der Waals surface area contributed by atoms with E-state index in [4.69, 9.17) is 4.74 Å². The predicted molar refractivity (Wildman–Crippen MR) is 79.1 cm³/mol. The van der Waals surface area contributed by atoms with Gasteiger partial charge in [-0.2, -0.15) is 0 Å². The lowest BCUT2D eigenvalue weighted by Crippen LogP contribution is -2.33. The van der Waals surface area contributed by atoms with Crippen molar-refractivity contribution in [2.24, 2.45) is 0 Å². The molecule has 19 heavy (non-hydrogen) atoms. The Kier molecular flexibility index (Phi) is 6.61. The van der Waals surface area contributed by atoms with E-state index in [1.165, 1.54) is 5.56 Å². The molecule has 2 heteroatoms. The summed E-state index contributed by atoms with van der Waals surface area (Å²) in [4.78, 5) is 11.9. The summed E-state index contributed by atoms with van der Waals surface area (Å²) in [6, 6.07) is 10.3. The van der Waals surface area contributed by atoms with Crippen LogP contribution in [0.5, 0.6) is 0 Å². The molecule has 0 radical (unpaired) electrons. The molecule has 2 nitrogen and oxygen atoms in total. The molecule has 0 aliphatic heterocycles. The second-order valence-electron chi connectivity index (χ2n) is 5.06. The first-order valence-corrected chi connectivity index (χ1v) is 7.41. The molecule has 0 bridgehead atoms. The van der Waals surface area contributed by atoms with Crippen LogP contribution in [0, 0.1) is 0 Å². The van der Waals surface area contributed by atoms with Gasteiger partial charge in [-0.1, -0.05) is 51.1 Å². The number of aryl methyl sites for hydroxylation is 1. The van der Waals surface area contributed by atoms with Gasteiger partial charge >= 0.3 is 5.97 Å². The average molecular weight is 262 g/mol. The van der Waals surface area contributed by atoms with Crippen LogP contribution >= 0.6 is 0 Å². The number of benzene rings is 1. The van der Waals surface area contributed by atoms with Crippen LogP contribution in [0.1, 0.15) is 58.4 Å². The molecule has 0 spiro atoms. The predicted octanol–water partition coefficient (Wildman–Crippen LogP) is 4.52. The summed E-state index contributed by atoms with van der Waals surface area (Å²) in [6.07, 6.45) is 4.99. The van der Waals surface area contributed by atoms with E-state index in [1.807, 2.05) is 18.2 Å². The lowest BCUT2D eigenvalue weighted by atomic mass is 9.94. The molecule has 0 heterocycles. The van der Waals surface area contributed by atoms with Crippen LogP contribution in [0.25, 0.3) is 0 Å². The number of hydrogen-bond acceptors (Lipinski definition) is 2. The van der Waals surface area contributed by atoms with Crippen LogP contribution in [0.3, 0.4) is 0 Å². The molecule has 0 aliphatic rings. The van der Waals surface area contributed by atoms with Gasteiger partial charge in [0.25, 0.3) is 0 Å². The van der Waals surface area contributed by atoms with Gasteiger partial charge in [0.05, 0.1) is 0 Å². The number of rotatable bonds is 8. The van der Waals surface area contributed by atoms with E-state index in [0.29, 0.717) is 6.42 Å². The van der Waals surface area contributed by atoms with Crippen molar-refractivity contribution in [1.82, 2.24) is 0 Å². The van der Waals surface area contributed by atoms with Crippen LogP contribution in [0.4, 0.5) is 0 Å². The summed E-state index contributed by atoms with van der Waals surface area (Å²) in [5, 5.41) is 0. The monoisotopic (exact) mass is 262 g/mol. The quantitative estimate of drug-likeness (QED) is 0.644. The minimum atomic E-state index is -0.246. The zero-order valence-corrected chi connectivity index (χ0v) is 12.4. The fraction of sp³-hybridized carbons (Fsp3) is 0.588. The van der Waals surface area contributed by atoms with E-state index < -0.39 is 0 Å². The standard InChI is InChI=1S/C17H26O2/c1-4-17(5-2,6-3)19-16(18)14-10-13-15-11-8-7-9-12-15/h7-9,11-12H,4-6,10,13-14H2,1-3H3. The molecule has 0 saturated carbocycles. The largest absolute Gasteiger partial charge is 0.459 e. The number of carbonyl (C=O) groups is 1. The molecule has 0 N–H and O–H groups in total. The van der Waals surface area contributed by atoms with E-state index in [2.05, 4.69) is 32.9 Å². The molecule has 0 saturated heterocycles. The number of esters is 1. The first kappa shape index (κ1) is 15.7. The summed E-state index contributed by atoms with van der Waals surface area (Å²) < 4.78 is 5.68. The van der Waals surface area contributed by atoms with E-state index in [9.17, 15) is 4.79 Å². The van der Waals surface area contributed by atoms with Crippen molar-refractivity contribution in [3.8, 4) is 0 Å². The van der Waals surface area contributed by atoms with Crippen LogP contribution in [0.15, 0.2) is 30.3 Å². The number of carbonyl (C=O) groups excluding carboxylic acids is 1. The van der Waals surface area contributed by atoms with Gasteiger partial charge in [0.2, 0.25) is 0 Å². The van der Waals surface area contributed by atoms with Gasteiger partial charge in [-0.05, 0) is 37.7 Å². The Morgan fingerprint density at radius 1 is 1.05 bits per heavy atom. The fourth-order valence-electron chi connectivity index (χ4n) is 2.34. The number of ether oxygens (including phenoxy) is 1. The highest BCUT2D eigenvalue weighted by Gasteiger charge is 2.27. The van der Waals surface area contributed by atoms with Gasteiger partial charge in [0, 0.05) is 6.42 Å². The molecule has 106 valence electrons. The third-order valence-corrected chi connectivity index (χ3v) is 3.95. The van der Waals surface area contributed by atoms with Crippen LogP contribution in [0.2, 0.25) is 0 Å². The van der Waals surface area contributed by atoms with E-state index in [0.717, 1.165) is 32.1 Å². The van der Waals surface area contributed by atoms with Crippen molar-refractivity contribution in [3.05, 3.63) is 35.9 Å². The maximum Gasteiger partial charge on any atom is 0.306 e. The van der Waals surface area contributed by atoms with Crippen molar-refractivity contribution in [1.29, 1.82) is 0 Å². The summed E-state index contributed by atoms with van der Waals surface area (Å²) in [7, 11) is 0. The second kappa shape index (κ2) is 7.98. The molecule has 0 atom stereocenters. The molecule has 0 fully saturated rings. The summed E-state index contributed by atoms with van der Waals surface area (Å²) in [6.45, 7) is 6.26. The Balaban J connectivity index is 2.35. The lowest BCUT2D eigenvalue weighted by Gasteiger charge is -2.30. The van der Waals surface area contributed by atoms with E-state index in [-0.39, 0.29) is 11.6 Å². The molecule has 1 aromatic carbocycles. The lowest BCUT2D eigenvalue weighted by molar-refractivity contribution is -0.161. The Morgan fingerprint density at radius 3 is 2.16 bits per heavy atom. The van der Waals surface area contributed by atoms with Crippen LogP contribution in [-0.4, -0.2) is 11.6 Å². The third kappa shape index (κ3) is 5.06. The minimum absolute atomic E-state index is 0.0542. The van der Waals surface area contributed by atoms with Crippen molar-refractivity contribution in [2.45, 2.75) is 64.9 Å². The molecule has 0 aliphatic carbocycles. The van der Waals surface area contributed by atoms with Gasteiger partial charge in [0.1, 0.15) is 5.60 Å². The molecule has 0 amide bonds. The highest BCUT2D eigenvalue weighted by Crippen LogP contribution is 2.25. The third-order valence-electron chi connectivity index (χ3n) is 3.95. The summed E-state index contributed by atoms with van der Waals surface area (Å²) in [5.74, 6) is -0.0542. The summed E-state index contributed by atoms with van der Waals surface area (Å²) in [5.41, 5.74) is 1.03. The van der Waals surface area contributed by atoms with Gasteiger partial charge in [-0.25, -0.2) is 0 Å². The maximum atomic E-state index is 11.9. The first-order chi connectivity index (χ1) is 9.15. The number of hydrogen-bond donors (Lipinski definition) is 0. The highest BCUT2D eigenvalue weighted by molar-refractivity contribution is 5.69. The Morgan fingerprint density at radius 2 is 1.63 bits per heavy atom. The van der Waals surface area contributed by atoms with Gasteiger partial charge in [-0.3, -0.25) is 4.79 Å². The molecule has 0 aromatic heterocycles. The molecule has 0 unspecified atom stereocenters. The molecule has 1 aromatic rings. The smallest absolute Gasteiger partial charge is 0.306 e. The van der Waals surface area contributed by atoms with Crippen LogP contribution in [-0.2, 0) is 16.0 Å². The average Bonchev–Trinajstić information content (AvgIpc) is 2.46. The molecular formula is C17H26O2. The van der Waals surface area contributed by atoms with Crippen LogP contribution < -0.4 is 0 Å². The van der Waals surface area contributed by atoms with Gasteiger partial charge in [0.15, 0.2) is 0 Å². The topological polar surface area (TPSA) is 26.3 Å². The molecular weight excluding hydrogens is 236 g/mol. The van der Waals surface area contributed by atoms with E-state index in [1.54, 1.807) is 0 Å². The van der Waals surface area contributed by atoms with Crippen molar-refractivity contribution in [2.75, 3.05) is 0 Å². The van der Waals surface area contributed by atoms with Gasteiger partial charge < -0.3 is 4.74 Å². The SMILES string of the molecule is CCC(CC)(CC)OC(=O)CCCc1ccccc1. The Bertz CT molecular complexity index is 358. The van der Waals surface area contributed by atoms with Crippen molar-refractivity contribution in [3.63, 3.8) is 0 Å². The second-order valence-corrected chi connectivity index (χ2v) is 5.06. The highest BCUT2D eigenvalue weighted by atomic mass is 16.6. The normalized spacial score (nSPS) is 11.3. The minimum Gasteiger partial charge on any atom is -0.459 e. The van der Waals surface area contributed by atoms with Crippen molar-refractivity contribution >= 4 is 5.97 Å². The molecule has 1 rings (SSSR count). The summed E-state index contributed by atoms with van der Waals surface area (Å²) >= 11 is 0. The Hall–Kier alpha value is -1.31. The zero-order valence-electron chi connectivity index (χ0n) is 12.4. The van der Waals surface area contributed by atoms with Crippen molar-refractivity contribution < 1.29 is 9.53 Å². The fourth-order valence-corrected chi connectivity index (χ4v) is 2.34. The first-order valence-electron chi connectivity index (χ1n) is 7.41. The Labute approximate surface area is 117 Å². The maximum absolute atomic E-state index is 11.9. The zero-order chi connectivity index (χ0) is 14.1. The van der Waals surface area contributed by atoms with E-state index >= 15 is 0 Å².